The molecule has 0 spiro atoms. The molecule has 0 aliphatic carbocycles. The average molecular weight is 281 g/mol. The molecule has 0 saturated carbocycles. The topological polar surface area (TPSA) is 38.0 Å². The molecule has 84 valence electrons. The van der Waals surface area contributed by atoms with Crippen LogP contribution < -0.4 is 0 Å². The van der Waals surface area contributed by atoms with Gasteiger partial charge in [0, 0.05) is 16.1 Å². The predicted molar refractivity (Wildman–Crippen MR) is 67.4 cm³/mol. The Bertz CT molecular complexity index is 505. The molecule has 0 fully saturated rings. The molecule has 0 atom stereocenters. The van der Waals surface area contributed by atoms with Gasteiger partial charge < -0.3 is 5.11 Å². The molecule has 0 saturated heterocycles. The quantitative estimate of drug-likeness (QED) is 0.913. The number of hydrogen-bond donors (Lipinski definition) is 1. The third-order valence-electron chi connectivity index (χ3n) is 2.36. The molecule has 16 heavy (non-hydrogen) atoms. The van der Waals surface area contributed by atoms with Crippen LogP contribution in [0.4, 0.5) is 0 Å². The summed E-state index contributed by atoms with van der Waals surface area (Å²) in [5, 5.41) is 14.0. The van der Waals surface area contributed by atoms with Crippen LogP contribution >= 0.6 is 15.9 Å². The molecular weight excluding hydrogens is 268 g/mol. The van der Waals surface area contributed by atoms with E-state index < -0.39 is 0 Å². The molecule has 1 aromatic heterocycles. The van der Waals surface area contributed by atoms with E-state index in [0.29, 0.717) is 0 Å². The molecule has 2 aromatic rings. The molecular formula is C12H13BrN2O. The van der Waals surface area contributed by atoms with Crippen LogP contribution in [0, 0.1) is 0 Å². The van der Waals surface area contributed by atoms with Crippen LogP contribution in [0.3, 0.4) is 0 Å². The summed E-state index contributed by atoms with van der Waals surface area (Å²) in [5.74, 6) is 0.215. The van der Waals surface area contributed by atoms with Crippen LogP contribution in [-0.2, 0) is 0 Å². The third-order valence-corrected chi connectivity index (χ3v) is 2.86. The van der Waals surface area contributed by atoms with Gasteiger partial charge in [0.25, 0.3) is 0 Å². The van der Waals surface area contributed by atoms with Gasteiger partial charge >= 0.3 is 0 Å². The van der Waals surface area contributed by atoms with Gasteiger partial charge in [-0.25, -0.2) is 0 Å². The highest BCUT2D eigenvalue weighted by molar-refractivity contribution is 9.10. The van der Waals surface area contributed by atoms with Gasteiger partial charge in [-0.2, -0.15) is 5.10 Å². The Kier molecular flexibility index (Phi) is 3.01. The van der Waals surface area contributed by atoms with Gasteiger partial charge in [0.1, 0.15) is 5.69 Å². The van der Waals surface area contributed by atoms with Gasteiger partial charge in [-0.05, 0) is 26.0 Å². The molecule has 0 radical (unpaired) electrons. The van der Waals surface area contributed by atoms with Crippen molar-refractivity contribution >= 4 is 15.9 Å². The van der Waals surface area contributed by atoms with E-state index in [1.54, 1.807) is 0 Å². The monoisotopic (exact) mass is 280 g/mol. The maximum Gasteiger partial charge on any atom is 0.161 e. The van der Waals surface area contributed by atoms with E-state index in [4.69, 9.17) is 0 Å². The van der Waals surface area contributed by atoms with Gasteiger partial charge in [-0.3, -0.25) is 4.68 Å². The maximum atomic E-state index is 9.83. The number of hydrogen-bond acceptors (Lipinski definition) is 2. The second-order valence-electron chi connectivity index (χ2n) is 3.93. The number of aromatic nitrogens is 2. The van der Waals surface area contributed by atoms with E-state index in [-0.39, 0.29) is 11.8 Å². The van der Waals surface area contributed by atoms with Gasteiger partial charge in [-0.15, -0.1) is 0 Å². The number of halogens is 1. The van der Waals surface area contributed by atoms with Crippen molar-refractivity contribution in [1.29, 1.82) is 0 Å². The van der Waals surface area contributed by atoms with E-state index in [1.165, 1.54) is 6.20 Å². The van der Waals surface area contributed by atoms with E-state index in [0.717, 1.165) is 15.7 Å². The summed E-state index contributed by atoms with van der Waals surface area (Å²) in [6.45, 7) is 4.07. The van der Waals surface area contributed by atoms with Crippen LogP contribution in [0.25, 0.3) is 11.3 Å². The first-order valence-electron chi connectivity index (χ1n) is 5.12. The van der Waals surface area contributed by atoms with E-state index >= 15 is 0 Å². The average Bonchev–Trinajstić information content (AvgIpc) is 2.60. The molecule has 0 aliphatic rings. The second-order valence-corrected chi connectivity index (χ2v) is 4.84. The van der Waals surface area contributed by atoms with Crippen molar-refractivity contribution < 1.29 is 5.11 Å². The summed E-state index contributed by atoms with van der Waals surface area (Å²) in [6, 6.07) is 8.04. The third kappa shape index (κ3) is 1.97. The molecule has 0 bridgehead atoms. The maximum absolute atomic E-state index is 9.83. The minimum Gasteiger partial charge on any atom is -0.504 e. The molecule has 0 unspecified atom stereocenters. The highest BCUT2D eigenvalue weighted by atomic mass is 79.9. The lowest BCUT2D eigenvalue weighted by Gasteiger charge is -2.11. The lowest BCUT2D eigenvalue weighted by atomic mass is 10.1. The van der Waals surface area contributed by atoms with E-state index in [1.807, 2.05) is 42.8 Å². The summed E-state index contributed by atoms with van der Waals surface area (Å²) in [7, 11) is 0. The van der Waals surface area contributed by atoms with Crippen molar-refractivity contribution in [3.63, 3.8) is 0 Å². The normalized spacial score (nSPS) is 11.0. The van der Waals surface area contributed by atoms with Gasteiger partial charge in [0.2, 0.25) is 0 Å². The Labute approximate surface area is 103 Å². The predicted octanol–water partition coefficient (Wildman–Crippen LogP) is 3.60. The summed E-state index contributed by atoms with van der Waals surface area (Å²) in [4.78, 5) is 0. The van der Waals surface area contributed by atoms with E-state index in [2.05, 4.69) is 21.0 Å². The molecule has 0 aliphatic heterocycles. The van der Waals surface area contributed by atoms with Crippen molar-refractivity contribution in [3.8, 4) is 17.0 Å². The summed E-state index contributed by atoms with van der Waals surface area (Å²) < 4.78 is 2.80. The second kappa shape index (κ2) is 4.29. The Morgan fingerprint density at radius 1 is 1.38 bits per heavy atom. The number of nitrogens with zero attached hydrogens (tertiary/aromatic N) is 2. The Morgan fingerprint density at radius 3 is 2.75 bits per heavy atom. The summed E-state index contributed by atoms with van der Waals surface area (Å²) in [6.07, 6.45) is 1.48. The fourth-order valence-corrected chi connectivity index (χ4v) is 2.06. The minimum absolute atomic E-state index is 0.215. The van der Waals surface area contributed by atoms with Crippen LogP contribution in [0.1, 0.15) is 19.9 Å². The Hall–Kier alpha value is -1.29. The van der Waals surface area contributed by atoms with Crippen LogP contribution in [0.5, 0.6) is 5.75 Å². The van der Waals surface area contributed by atoms with Crippen molar-refractivity contribution in [3.05, 3.63) is 34.9 Å². The number of rotatable bonds is 2. The van der Waals surface area contributed by atoms with Crippen molar-refractivity contribution in [2.75, 3.05) is 0 Å². The molecule has 3 nitrogen and oxygen atoms in total. The highest BCUT2D eigenvalue weighted by Gasteiger charge is 2.14. The fourth-order valence-electron chi connectivity index (χ4n) is 1.66. The lowest BCUT2D eigenvalue weighted by molar-refractivity contribution is 0.473. The highest BCUT2D eigenvalue weighted by Crippen LogP contribution is 2.32. The van der Waals surface area contributed by atoms with Crippen LogP contribution in [0.2, 0.25) is 0 Å². The fraction of sp³-hybridized carbons (Fsp3) is 0.250. The first-order chi connectivity index (χ1) is 7.59. The zero-order chi connectivity index (χ0) is 11.7. The smallest absolute Gasteiger partial charge is 0.161 e. The zero-order valence-corrected chi connectivity index (χ0v) is 10.8. The largest absolute Gasteiger partial charge is 0.504 e. The number of aromatic hydroxyl groups is 1. The summed E-state index contributed by atoms with van der Waals surface area (Å²) in [5.41, 5.74) is 1.72. The molecule has 4 heteroatoms. The van der Waals surface area contributed by atoms with Crippen molar-refractivity contribution in [1.82, 2.24) is 9.78 Å². The van der Waals surface area contributed by atoms with Gasteiger partial charge in [-0.1, -0.05) is 28.1 Å². The van der Waals surface area contributed by atoms with Gasteiger partial charge in [0.05, 0.1) is 6.20 Å². The molecule has 1 aromatic carbocycles. The molecule has 2 rings (SSSR count). The van der Waals surface area contributed by atoms with Gasteiger partial charge in [0.15, 0.2) is 5.75 Å². The minimum atomic E-state index is 0.215. The Morgan fingerprint density at radius 2 is 2.12 bits per heavy atom. The van der Waals surface area contributed by atoms with Crippen molar-refractivity contribution in [2.24, 2.45) is 0 Å². The molecule has 1 heterocycles. The first kappa shape index (κ1) is 11.2. The molecule has 1 N–H and O–H groups in total. The van der Waals surface area contributed by atoms with Crippen LogP contribution in [-0.4, -0.2) is 14.9 Å². The summed E-state index contributed by atoms with van der Waals surface area (Å²) >= 11 is 3.42. The molecule has 0 amide bonds. The van der Waals surface area contributed by atoms with Crippen LogP contribution in [0.15, 0.2) is 34.9 Å². The standard InChI is InChI=1S/C12H13BrN2O/c1-8(2)15-12(11(16)7-14-15)9-4-3-5-10(13)6-9/h3-8,16H,1-2H3. The zero-order valence-electron chi connectivity index (χ0n) is 9.18. The SMILES string of the molecule is CC(C)n1ncc(O)c1-c1cccc(Br)c1. The van der Waals surface area contributed by atoms with E-state index in [9.17, 15) is 5.11 Å². The lowest BCUT2D eigenvalue weighted by Crippen LogP contribution is -2.04. The number of benzene rings is 1. The first-order valence-corrected chi connectivity index (χ1v) is 5.91. The van der Waals surface area contributed by atoms with Crippen molar-refractivity contribution in [2.45, 2.75) is 19.9 Å². The Balaban J connectivity index is 2.59.